The zero-order chi connectivity index (χ0) is 10.8. The van der Waals surface area contributed by atoms with Crippen molar-refractivity contribution >= 4 is 28.7 Å². The number of carbonyl (C=O) groups excluding carboxylic acids is 1. The molecule has 0 atom stereocenters. The van der Waals surface area contributed by atoms with Crippen molar-refractivity contribution in [2.24, 2.45) is 0 Å². The van der Waals surface area contributed by atoms with Crippen LogP contribution in [0.2, 0.25) is 0 Å². The van der Waals surface area contributed by atoms with Crippen LogP contribution in [-0.4, -0.2) is 30.7 Å². The van der Waals surface area contributed by atoms with Crippen molar-refractivity contribution in [3.63, 3.8) is 0 Å². The summed E-state index contributed by atoms with van der Waals surface area (Å²) in [4.78, 5) is 13.0. The average Bonchev–Trinajstić information content (AvgIpc) is 2.18. The van der Waals surface area contributed by atoms with Crippen molar-refractivity contribution in [3.05, 3.63) is 0 Å². The van der Waals surface area contributed by atoms with E-state index < -0.39 is 0 Å². The first kappa shape index (κ1) is 13.6. The molecule has 0 aliphatic heterocycles. The van der Waals surface area contributed by atoms with E-state index in [0.717, 1.165) is 19.4 Å². The highest BCUT2D eigenvalue weighted by atomic mass is 127. The Morgan fingerprint density at radius 1 is 1.50 bits per heavy atom. The van der Waals surface area contributed by atoms with E-state index in [4.69, 9.17) is 4.74 Å². The van der Waals surface area contributed by atoms with E-state index in [-0.39, 0.29) is 6.09 Å². The van der Waals surface area contributed by atoms with Crippen molar-refractivity contribution in [1.29, 1.82) is 0 Å². The van der Waals surface area contributed by atoms with Gasteiger partial charge in [-0.15, -0.1) is 0 Å². The largest absolute Gasteiger partial charge is 0.450 e. The van der Waals surface area contributed by atoms with Crippen LogP contribution in [0.4, 0.5) is 4.79 Å². The molecule has 4 heteroatoms. The number of halogens is 1. The van der Waals surface area contributed by atoms with E-state index in [2.05, 4.69) is 16.8 Å². The van der Waals surface area contributed by atoms with Crippen LogP contribution in [0.25, 0.3) is 0 Å². The maximum atomic E-state index is 11.4. The first-order chi connectivity index (χ1) is 6.76. The minimum absolute atomic E-state index is 0.264. The SMILES string of the molecule is CCCCN(CC#CI)C(=O)OCC. The second kappa shape index (κ2) is 9.13. The molecule has 0 heterocycles. The van der Waals surface area contributed by atoms with Crippen molar-refractivity contribution in [1.82, 2.24) is 4.90 Å². The minimum atomic E-state index is -0.264. The van der Waals surface area contributed by atoms with E-state index >= 15 is 0 Å². The van der Waals surface area contributed by atoms with Crippen LogP contribution in [0.5, 0.6) is 0 Å². The van der Waals surface area contributed by atoms with E-state index in [9.17, 15) is 4.79 Å². The molecule has 0 aromatic heterocycles. The lowest BCUT2D eigenvalue weighted by Crippen LogP contribution is -2.32. The number of ether oxygens (including phenoxy) is 1. The zero-order valence-corrected chi connectivity index (χ0v) is 10.8. The lowest BCUT2D eigenvalue weighted by atomic mass is 10.3. The van der Waals surface area contributed by atoms with Crippen LogP contribution in [0, 0.1) is 9.85 Å². The van der Waals surface area contributed by atoms with Crippen molar-refractivity contribution < 1.29 is 9.53 Å². The van der Waals surface area contributed by atoms with E-state index in [1.807, 2.05) is 22.6 Å². The minimum Gasteiger partial charge on any atom is -0.450 e. The molecule has 3 nitrogen and oxygen atoms in total. The molecule has 0 bridgehead atoms. The number of rotatable bonds is 5. The lowest BCUT2D eigenvalue weighted by molar-refractivity contribution is 0.111. The van der Waals surface area contributed by atoms with Gasteiger partial charge in [-0.1, -0.05) is 19.3 Å². The molecule has 0 saturated heterocycles. The Hall–Kier alpha value is -0.440. The first-order valence-electron chi connectivity index (χ1n) is 4.76. The molecule has 0 N–H and O–H groups in total. The van der Waals surface area contributed by atoms with Crippen molar-refractivity contribution in [3.8, 4) is 9.85 Å². The zero-order valence-electron chi connectivity index (χ0n) is 8.68. The van der Waals surface area contributed by atoms with Gasteiger partial charge in [0.05, 0.1) is 13.2 Å². The van der Waals surface area contributed by atoms with Crippen molar-refractivity contribution in [2.45, 2.75) is 26.7 Å². The molecule has 0 aromatic rings. The van der Waals surface area contributed by atoms with Gasteiger partial charge >= 0.3 is 6.09 Å². The predicted octanol–water partition coefficient (Wildman–Crippen LogP) is 2.64. The van der Waals surface area contributed by atoms with Crippen LogP contribution < -0.4 is 0 Å². The van der Waals surface area contributed by atoms with Crippen LogP contribution >= 0.6 is 22.6 Å². The monoisotopic (exact) mass is 309 g/mol. The van der Waals surface area contributed by atoms with E-state index in [1.165, 1.54) is 0 Å². The number of unbranched alkanes of at least 4 members (excludes halogenated alkanes) is 1. The Morgan fingerprint density at radius 3 is 2.71 bits per heavy atom. The molecule has 0 saturated carbocycles. The Morgan fingerprint density at radius 2 is 2.21 bits per heavy atom. The number of hydrogen-bond donors (Lipinski definition) is 0. The molecule has 0 aliphatic carbocycles. The van der Waals surface area contributed by atoms with Gasteiger partial charge in [-0.25, -0.2) is 4.79 Å². The van der Waals surface area contributed by atoms with Gasteiger partial charge in [0.15, 0.2) is 0 Å². The topological polar surface area (TPSA) is 29.5 Å². The van der Waals surface area contributed by atoms with Crippen LogP contribution in [0.15, 0.2) is 0 Å². The van der Waals surface area contributed by atoms with Gasteiger partial charge < -0.3 is 4.74 Å². The lowest BCUT2D eigenvalue weighted by Gasteiger charge is -2.18. The summed E-state index contributed by atoms with van der Waals surface area (Å²) in [6, 6.07) is 0. The highest BCUT2D eigenvalue weighted by molar-refractivity contribution is 14.1. The van der Waals surface area contributed by atoms with Gasteiger partial charge in [0.2, 0.25) is 0 Å². The van der Waals surface area contributed by atoms with Gasteiger partial charge in [-0.3, -0.25) is 4.90 Å². The van der Waals surface area contributed by atoms with Crippen molar-refractivity contribution in [2.75, 3.05) is 19.7 Å². The predicted molar refractivity (Wildman–Crippen MR) is 65.3 cm³/mol. The summed E-state index contributed by atoms with van der Waals surface area (Å²) < 4.78 is 7.66. The molecule has 1 amide bonds. The van der Waals surface area contributed by atoms with Crippen LogP contribution in [0.3, 0.4) is 0 Å². The average molecular weight is 309 g/mol. The summed E-state index contributed by atoms with van der Waals surface area (Å²) in [6.07, 6.45) is 1.79. The molecule has 0 fully saturated rings. The molecule has 0 aromatic carbocycles. The van der Waals surface area contributed by atoms with Gasteiger partial charge in [-0.05, 0) is 17.3 Å². The Bertz CT molecular complexity index is 220. The van der Waals surface area contributed by atoms with E-state index in [1.54, 1.807) is 11.8 Å². The fourth-order valence-electron chi connectivity index (χ4n) is 0.924. The Balaban J connectivity index is 4.05. The highest BCUT2D eigenvalue weighted by Crippen LogP contribution is 1.98. The van der Waals surface area contributed by atoms with Gasteiger partial charge in [0, 0.05) is 29.1 Å². The summed E-state index contributed by atoms with van der Waals surface area (Å²) in [5.74, 6) is 2.86. The third kappa shape index (κ3) is 6.08. The van der Waals surface area contributed by atoms with Gasteiger partial charge in [0.25, 0.3) is 0 Å². The molecule has 0 spiro atoms. The molecule has 0 unspecified atom stereocenters. The number of hydrogen-bond acceptors (Lipinski definition) is 2. The fourth-order valence-corrected chi connectivity index (χ4v) is 1.09. The third-order valence-electron chi connectivity index (χ3n) is 1.64. The number of amides is 1. The second-order valence-electron chi connectivity index (χ2n) is 2.75. The molecular formula is C10H16INO2. The standard InChI is InChI=1S/C10H16INO2/c1-3-5-8-12(9-6-7-11)10(13)14-4-2/h3-5,8-9H2,1-2H3. The smallest absolute Gasteiger partial charge is 0.410 e. The summed E-state index contributed by atoms with van der Waals surface area (Å²) in [5, 5.41) is 0. The number of nitrogens with zero attached hydrogens (tertiary/aromatic N) is 1. The molecule has 14 heavy (non-hydrogen) atoms. The number of carbonyl (C=O) groups is 1. The molecule has 80 valence electrons. The third-order valence-corrected chi connectivity index (χ3v) is 2.03. The van der Waals surface area contributed by atoms with Gasteiger partial charge in [0.1, 0.15) is 0 Å². The molecule has 0 radical (unpaired) electrons. The summed E-state index contributed by atoms with van der Waals surface area (Å²) in [7, 11) is 0. The molecule has 0 aliphatic rings. The molecule has 0 rings (SSSR count). The highest BCUT2D eigenvalue weighted by Gasteiger charge is 2.11. The summed E-state index contributed by atoms with van der Waals surface area (Å²) in [5.41, 5.74) is 0. The summed E-state index contributed by atoms with van der Waals surface area (Å²) >= 11 is 1.96. The van der Waals surface area contributed by atoms with E-state index in [0.29, 0.717) is 13.2 Å². The maximum Gasteiger partial charge on any atom is 0.410 e. The summed E-state index contributed by atoms with van der Waals surface area (Å²) in [6.45, 7) is 5.49. The fraction of sp³-hybridized carbons (Fsp3) is 0.700. The quantitative estimate of drug-likeness (QED) is 0.577. The maximum absolute atomic E-state index is 11.4. The second-order valence-corrected chi connectivity index (χ2v) is 3.28. The normalized spacial score (nSPS) is 8.79. The van der Waals surface area contributed by atoms with Gasteiger partial charge in [-0.2, -0.15) is 0 Å². The Labute approximate surface area is 99.3 Å². The van der Waals surface area contributed by atoms with Crippen LogP contribution in [-0.2, 0) is 4.74 Å². The molecular weight excluding hydrogens is 293 g/mol. The Kier molecular flexibility index (Phi) is 8.84. The van der Waals surface area contributed by atoms with Crippen LogP contribution in [0.1, 0.15) is 26.7 Å². The first-order valence-corrected chi connectivity index (χ1v) is 5.84.